The maximum Gasteiger partial charge on any atom is 0.233 e. The second-order valence-corrected chi connectivity index (χ2v) is 7.51. The second kappa shape index (κ2) is 7.36. The summed E-state index contributed by atoms with van der Waals surface area (Å²) in [5.41, 5.74) is 0.940. The summed E-state index contributed by atoms with van der Waals surface area (Å²) in [4.78, 5) is 14.0. The summed E-state index contributed by atoms with van der Waals surface area (Å²) < 4.78 is 8.49. The molecule has 0 N–H and O–H groups in total. The van der Waals surface area contributed by atoms with E-state index in [2.05, 4.69) is 5.10 Å². The summed E-state index contributed by atoms with van der Waals surface area (Å²) in [6.45, 7) is 2.59. The predicted octanol–water partition coefficient (Wildman–Crippen LogP) is 2.61. The van der Waals surface area contributed by atoms with Crippen LogP contribution >= 0.6 is 35.3 Å². The molecule has 1 aliphatic rings. The fraction of sp³-hybridized carbons (Fsp3) is 0.357. The molecule has 0 radical (unpaired) electrons. The van der Waals surface area contributed by atoms with Gasteiger partial charge in [-0.05, 0) is 24.4 Å². The Bertz CT molecular complexity index is 693. The van der Waals surface area contributed by atoms with E-state index < -0.39 is 0 Å². The minimum Gasteiger partial charge on any atom is -0.378 e. The van der Waals surface area contributed by atoms with E-state index in [0.717, 1.165) is 10.0 Å². The molecule has 116 valence electrons. The van der Waals surface area contributed by atoms with Crippen molar-refractivity contribution in [3.05, 3.63) is 34.3 Å². The fourth-order valence-electron chi connectivity index (χ4n) is 2.08. The van der Waals surface area contributed by atoms with Gasteiger partial charge in [-0.15, -0.1) is 5.10 Å². The Kier molecular flexibility index (Phi) is 5.24. The van der Waals surface area contributed by atoms with Crippen molar-refractivity contribution < 1.29 is 9.53 Å². The quantitative estimate of drug-likeness (QED) is 0.625. The number of aromatic nitrogens is 2. The third kappa shape index (κ3) is 3.75. The molecule has 1 aromatic heterocycles. The van der Waals surface area contributed by atoms with Crippen LogP contribution in [0.5, 0.6) is 0 Å². The lowest BCUT2D eigenvalue weighted by Gasteiger charge is -2.26. The van der Waals surface area contributed by atoms with E-state index in [1.807, 2.05) is 35.2 Å². The van der Waals surface area contributed by atoms with Crippen LogP contribution in [0.15, 0.2) is 34.7 Å². The minimum atomic E-state index is 0.126. The number of rotatable bonds is 4. The van der Waals surface area contributed by atoms with Gasteiger partial charge < -0.3 is 9.64 Å². The Hall–Kier alpha value is -1.22. The molecule has 1 aliphatic heterocycles. The highest BCUT2D eigenvalue weighted by molar-refractivity contribution is 8.01. The van der Waals surface area contributed by atoms with E-state index in [1.54, 1.807) is 4.68 Å². The topological polar surface area (TPSA) is 47.4 Å². The molecule has 0 spiro atoms. The molecule has 3 rings (SSSR count). The summed E-state index contributed by atoms with van der Waals surface area (Å²) >= 11 is 8.23. The number of morpholine rings is 1. The van der Waals surface area contributed by atoms with Crippen molar-refractivity contribution in [3.63, 3.8) is 0 Å². The van der Waals surface area contributed by atoms with Crippen molar-refractivity contribution in [2.45, 2.75) is 4.34 Å². The van der Waals surface area contributed by atoms with Gasteiger partial charge in [0.05, 0.1) is 24.7 Å². The van der Waals surface area contributed by atoms with E-state index >= 15 is 0 Å². The van der Waals surface area contributed by atoms with Crippen molar-refractivity contribution in [2.75, 3.05) is 32.1 Å². The summed E-state index contributed by atoms with van der Waals surface area (Å²) in [7, 11) is 0. The molecule has 8 heteroatoms. The number of nitrogens with zero attached hydrogens (tertiary/aromatic N) is 3. The zero-order chi connectivity index (χ0) is 15.4. The molecular weight excluding hydrogens is 338 g/mol. The highest BCUT2D eigenvalue weighted by Crippen LogP contribution is 2.24. The number of benzene rings is 1. The standard InChI is InChI=1S/C14H15N3O2S3/c18-12(16-6-8-19-9-7-16)10-21-13-15-17(14(20)22-13)11-4-2-1-3-5-11/h1-5H,6-10H2. The third-order valence-electron chi connectivity index (χ3n) is 3.21. The highest BCUT2D eigenvalue weighted by Gasteiger charge is 2.17. The van der Waals surface area contributed by atoms with Crippen molar-refractivity contribution in [1.29, 1.82) is 0 Å². The Balaban J connectivity index is 1.64. The first-order valence-electron chi connectivity index (χ1n) is 6.88. The lowest BCUT2D eigenvalue weighted by Crippen LogP contribution is -2.41. The Morgan fingerprint density at radius 3 is 2.77 bits per heavy atom. The first-order valence-corrected chi connectivity index (χ1v) is 9.09. The lowest BCUT2D eigenvalue weighted by atomic mass is 10.3. The van der Waals surface area contributed by atoms with Gasteiger partial charge >= 0.3 is 0 Å². The molecule has 0 saturated carbocycles. The van der Waals surface area contributed by atoms with Crippen LogP contribution in [0.25, 0.3) is 5.69 Å². The molecule has 0 atom stereocenters. The van der Waals surface area contributed by atoms with Crippen molar-refractivity contribution in [3.8, 4) is 5.69 Å². The molecule has 5 nitrogen and oxygen atoms in total. The number of thioether (sulfide) groups is 1. The van der Waals surface area contributed by atoms with Gasteiger partial charge in [0, 0.05) is 13.1 Å². The van der Waals surface area contributed by atoms with Crippen LogP contribution in [0.4, 0.5) is 0 Å². The van der Waals surface area contributed by atoms with Crippen LogP contribution in [-0.4, -0.2) is 52.6 Å². The van der Waals surface area contributed by atoms with Crippen LogP contribution in [0.1, 0.15) is 0 Å². The number of amides is 1. The zero-order valence-electron chi connectivity index (χ0n) is 11.8. The van der Waals surface area contributed by atoms with Crippen LogP contribution in [0, 0.1) is 3.95 Å². The van der Waals surface area contributed by atoms with Gasteiger partial charge in [0.1, 0.15) is 0 Å². The van der Waals surface area contributed by atoms with Crippen molar-refractivity contribution in [2.24, 2.45) is 0 Å². The molecule has 2 aromatic rings. The normalized spacial score (nSPS) is 15.0. The summed E-state index contributed by atoms with van der Waals surface area (Å²) in [6.07, 6.45) is 0. The van der Waals surface area contributed by atoms with E-state index in [1.165, 1.54) is 23.1 Å². The van der Waals surface area contributed by atoms with Gasteiger partial charge in [0.2, 0.25) is 5.91 Å². The second-order valence-electron chi connectivity index (χ2n) is 4.66. The number of para-hydroxylation sites is 1. The van der Waals surface area contributed by atoms with E-state index in [9.17, 15) is 4.79 Å². The number of hydrogen-bond donors (Lipinski definition) is 0. The van der Waals surface area contributed by atoms with Gasteiger partial charge in [-0.1, -0.05) is 41.3 Å². The summed E-state index contributed by atoms with van der Waals surface area (Å²) in [6, 6.07) is 9.78. The number of ether oxygens (including phenoxy) is 1. The number of carbonyl (C=O) groups is 1. The highest BCUT2D eigenvalue weighted by atomic mass is 32.2. The van der Waals surface area contributed by atoms with Gasteiger partial charge in [-0.3, -0.25) is 4.79 Å². The molecule has 1 amide bonds. The monoisotopic (exact) mass is 353 g/mol. The predicted molar refractivity (Wildman–Crippen MR) is 90.4 cm³/mol. The first kappa shape index (κ1) is 15.7. The third-order valence-corrected chi connectivity index (χ3v) is 5.56. The molecule has 2 heterocycles. The Morgan fingerprint density at radius 2 is 2.05 bits per heavy atom. The number of carbonyl (C=O) groups excluding carboxylic acids is 1. The van der Waals surface area contributed by atoms with Crippen molar-refractivity contribution in [1.82, 2.24) is 14.7 Å². The fourth-order valence-corrected chi connectivity index (χ4v) is 4.34. The molecule has 1 aromatic carbocycles. The zero-order valence-corrected chi connectivity index (χ0v) is 14.3. The molecular formula is C14H15N3O2S3. The van der Waals surface area contributed by atoms with Gasteiger partial charge in [-0.25, -0.2) is 4.68 Å². The summed E-state index contributed by atoms with van der Waals surface area (Å²) in [5.74, 6) is 0.512. The average molecular weight is 353 g/mol. The van der Waals surface area contributed by atoms with Crippen LogP contribution in [0.3, 0.4) is 0 Å². The van der Waals surface area contributed by atoms with Gasteiger partial charge in [0.25, 0.3) is 0 Å². The van der Waals surface area contributed by atoms with Gasteiger partial charge in [-0.2, -0.15) is 0 Å². The minimum absolute atomic E-state index is 0.126. The number of hydrogen-bond acceptors (Lipinski definition) is 6. The average Bonchev–Trinajstić information content (AvgIpc) is 2.95. The SMILES string of the molecule is O=C(CSc1nn(-c2ccccc2)c(=S)s1)N1CCOCC1. The smallest absolute Gasteiger partial charge is 0.233 e. The van der Waals surface area contributed by atoms with Crippen LogP contribution in [0.2, 0.25) is 0 Å². The largest absolute Gasteiger partial charge is 0.378 e. The van der Waals surface area contributed by atoms with E-state index in [-0.39, 0.29) is 5.91 Å². The van der Waals surface area contributed by atoms with Gasteiger partial charge in [0.15, 0.2) is 8.29 Å². The molecule has 0 bridgehead atoms. The molecule has 0 aliphatic carbocycles. The summed E-state index contributed by atoms with van der Waals surface area (Å²) in [5, 5.41) is 4.50. The maximum absolute atomic E-state index is 12.1. The lowest BCUT2D eigenvalue weighted by molar-refractivity contribution is -0.132. The maximum atomic E-state index is 12.1. The molecule has 1 fully saturated rings. The van der Waals surface area contributed by atoms with Crippen LogP contribution < -0.4 is 0 Å². The molecule has 22 heavy (non-hydrogen) atoms. The van der Waals surface area contributed by atoms with E-state index in [4.69, 9.17) is 17.0 Å². The van der Waals surface area contributed by atoms with Crippen LogP contribution in [-0.2, 0) is 9.53 Å². The first-order chi connectivity index (χ1) is 10.7. The Morgan fingerprint density at radius 1 is 1.32 bits per heavy atom. The molecule has 0 unspecified atom stereocenters. The van der Waals surface area contributed by atoms with Crippen molar-refractivity contribution >= 4 is 41.2 Å². The van der Waals surface area contributed by atoms with E-state index in [0.29, 0.717) is 36.0 Å². The molecule has 1 saturated heterocycles. The Labute approximate surface area is 141 Å².